The molecule has 1 N–H and O–H groups in total. The maximum absolute atomic E-state index is 11.2. The van der Waals surface area contributed by atoms with Crippen LogP contribution in [0.15, 0.2) is 52.4 Å². The minimum Gasteiger partial charge on any atom is -0.478 e. The predicted molar refractivity (Wildman–Crippen MR) is 84.0 cm³/mol. The Balaban J connectivity index is 1.90. The second-order valence-electron chi connectivity index (χ2n) is 4.48. The summed E-state index contributed by atoms with van der Waals surface area (Å²) in [6.45, 7) is 0. The lowest BCUT2D eigenvalue weighted by Gasteiger charge is -2.14. The number of aromatic carboxylic acids is 1. The van der Waals surface area contributed by atoms with Crippen LogP contribution in [-0.2, 0) is 5.75 Å². The highest BCUT2D eigenvalue weighted by Crippen LogP contribution is 2.49. The van der Waals surface area contributed by atoms with Crippen LogP contribution >= 0.6 is 22.5 Å². The first-order valence-corrected chi connectivity index (χ1v) is 8.04. The van der Waals surface area contributed by atoms with E-state index < -0.39 is 16.9 Å². The number of carboxylic acid groups (broad SMARTS) is 1. The third-order valence-corrected chi connectivity index (χ3v) is 5.48. The number of fused-ring (bicyclic) bond motifs is 1. The summed E-state index contributed by atoms with van der Waals surface area (Å²) in [7, 11) is -0.586. The number of carboxylic acids is 1. The van der Waals surface area contributed by atoms with Gasteiger partial charge in [0.1, 0.15) is 0 Å². The van der Waals surface area contributed by atoms with E-state index in [1.807, 2.05) is 35.9 Å². The van der Waals surface area contributed by atoms with Crippen molar-refractivity contribution in [2.45, 2.75) is 10.6 Å². The van der Waals surface area contributed by atoms with Gasteiger partial charge < -0.3 is 5.11 Å². The molecule has 20 heavy (non-hydrogen) atoms. The van der Waals surface area contributed by atoms with Crippen molar-refractivity contribution >= 4 is 39.7 Å². The molecule has 0 fully saturated rings. The third kappa shape index (κ3) is 2.44. The molecular formula is C15H12ClNO2S. The average molecular weight is 306 g/mol. The van der Waals surface area contributed by atoms with Gasteiger partial charge in [-0.25, -0.2) is 9.79 Å². The topological polar surface area (TPSA) is 49.7 Å². The van der Waals surface area contributed by atoms with Crippen molar-refractivity contribution in [3.05, 3.63) is 58.6 Å². The van der Waals surface area contributed by atoms with E-state index in [9.17, 15) is 9.90 Å². The number of hydrogen-bond acceptors (Lipinski definition) is 2. The molecule has 0 radical (unpaired) electrons. The van der Waals surface area contributed by atoms with Gasteiger partial charge in [0.25, 0.3) is 0 Å². The van der Waals surface area contributed by atoms with Gasteiger partial charge in [-0.1, -0.05) is 29.8 Å². The van der Waals surface area contributed by atoms with Crippen molar-refractivity contribution in [2.75, 3.05) is 0 Å². The molecule has 5 heteroatoms. The minimum absolute atomic E-state index is 0.278. The molecule has 2 aromatic rings. The van der Waals surface area contributed by atoms with Crippen molar-refractivity contribution in [2.24, 2.45) is 4.99 Å². The number of aliphatic imine (C=N–C) groups is 1. The molecule has 0 saturated carbocycles. The fraction of sp³-hybridized carbons (Fsp3) is 0.0667. The largest absolute Gasteiger partial charge is 0.478 e. The van der Waals surface area contributed by atoms with Crippen molar-refractivity contribution in [3.63, 3.8) is 0 Å². The standard InChI is InChI=1S/C15H12ClNO2S/c16-11-6-4-10(5-7-11)8-20-9-17-14-12(15(18)19)2-1-3-13(14)20/h1-7,9,20H,8H2,(H,18,19). The van der Waals surface area contributed by atoms with Crippen molar-refractivity contribution in [1.82, 2.24) is 0 Å². The number of halogens is 1. The van der Waals surface area contributed by atoms with Crippen molar-refractivity contribution in [3.8, 4) is 0 Å². The Morgan fingerprint density at radius 3 is 2.65 bits per heavy atom. The van der Waals surface area contributed by atoms with E-state index >= 15 is 0 Å². The van der Waals surface area contributed by atoms with Gasteiger partial charge in [-0.15, -0.1) is 0 Å². The Labute approximate surface area is 124 Å². The number of rotatable bonds is 3. The first kappa shape index (κ1) is 13.2. The normalized spacial score (nSPS) is 17.9. The second kappa shape index (κ2) is 5.31. The number of benzene rings is 2. The van der Waals surface area contributed by atoms with Crippen LogP contribution in [0, 0.1) is 0 Å². The summed E-state index contributed by atoms with van der Waals surface area (Å²) in [6.07, 6.45) is 0. The van der Waals surface area contributed by atoms with Crippen LogP contribution in [0.3, 0.4) is 0 Å². The summed E-state index contributed by atoms with van der Waals surface area (Å²) in [5.74, 6) is -0.0751. The summed E-state index contributed by atoms with van der Waals surface area (Å²) in [5, 5.41) is 9.89. The van der Waals surface area contributed by atoms with Crippen LogP contribution in [0.25, 0.3) is 0 Å². The molecule has 3 rings (SSSR count). The Kier molecular flexibility index (Phi) is 3.51. The first-order valence-electron chi connectivity index (χ1n) is 6.07. The van der Waals surface area contributed by atoms with Crippen LogP contribution in [0.5, 0.6) is 0 Å². The Bertz CT molecular complexity index is 698. The quantitative estimate of drug-likeness (QED) is 0.832. The lowest BCUT2D eigenvalue weighted by molar-refractivity contribution is 0.0697. The molecule has 0 saturated heterocycles. The molecule has 0 amide bonds. The zero-order valence-corrected chi connectivity index (χ0v) is 12.1. The maximum atomic E-state index is 11.2. The predicted octanol–water partition coefficient (Wildman–Crippen LogP) is 4.27. The van der Waals surface area contributed by atoms with Crippen LogP contribution in [0.1, 0.15) is 15.9 Å². The van der Waals surface area contributed by atoms with Crippen LogP contribution < -0.4 is 0 Å². The smallest absolute Gasteiger partial charge is 0.337 e. The molecule has 0 spiro atoms. The van der Waals surface area contributed by atoms with Gasteiger partial charge in [-0.3, -0.25) is 0 Å². The number of carbonyl (C=O) groups is 1. The monoisotopic (exact) mass is 305 g/mol. The molecule has 1 heterocycles. The molecule has 0 bridgehead atoms. The van der Waals surface area contributed by atoms with Gasteiger partial charge in [0.05, 0.1) is 11.3 Å². The number of nitrogens with zero attached hydrogens (tertiary/aromatic N) is 1. The first-order chi connectivity index (χ1) is 9.65. The van der Waals surface area contributed by atoms with Gasteiger partial charge in [0.15, 0.2) is 0 Å². The van der Waals surface area contributed by atoms with E-state index in [4.69, 9.17) is 11.6 Å². The van der Waals surface area contributed by atoms with E-state index in [1.165, 1.54) is 5.56 Å². The number of para-hydroxylation sites is 1. The fourth-order valence-corrected chi connectivity index (χ4v) is 4.26. The molecule has 2 aromatic carbocycles. The Morgan fingerprint density at radius 1 is 1.20 bits per heavy atom. The summed E-state index contributed by atoms with van der Waals surface area (Å²) < 4.78 is 0. The highest BCUT2D eigenvalue weighted by Gasteiger charge is 2.21. The third-order valence-electron chi connectivity index (χ3n) is 3.15. The highest BCUT2D eigenvalue weighted by molar-refractivity contribution is 8.28. The van der Waals surface area contributed by atoms with Crippen LogP contribution in [0.2, 0.25) is 5.02 Å². The molecule has 1 unspecified atom stereocenters. The Hall–Kier alpha value is -1.78. The van der Waals surface area contributed by atoms with E-state index in [-0.39, 0.29) is 5.56 Å². The van der Waals surface area contributed by atoms with E-state index in [0.717, 1.165) is 15.7 Å². The van der Waals surface area contributed by atoms with Gasteiger partial charge in [0.2, 0.25) is 0 Å². The number of hydrogen-bond donors (Lipinski definition) is 2. The lowest BCUT2D eigenvalue weighted by Crippen LogP contribution is -1.96. The molecule has 102 valence electrons. The molecule has 1 aliphatic heterocycles. The second-order valence-corrected chi connectivity index (χ2v) is 6.88. The minimum atomic E-state index is -0.928. The average Bonchev–Trinajstić information content (AvgIpc) is 2.84. The lowest BCUT2D eigenvalue weighted by atomic mass is 10.2. The van der Waals surface area contributed by atoms with Gasteiger partial charge in [0, 0.05) is 21.2 Å². The van der Waals surface area contributed by atoms with Crippen molar-refractivity contribution in [1.29, 1.82) is 0 Å². The molecule has 0 aromatic heterocycles. The summed E-state index contributed by atoms with van der Waals surface area (Å²) in [6, 6.07) is 13.1. The van der Waals surface area contributed by atoms with E-state index in [2.05, 4.69) is 4.99 Å². The van der Waals surface area contributed by atoms with Crippen LogP contribution in [0.4, 0.5) is 5.69 Å². The summed E-state index contributed by atoms with van der Waals surface area (Å²) >= 11 is 5.88. The SMILES string of the molecule is O=C(O)c1cccc2c1N=C[SH]2Cc1ccc(Cl)cc1. The molecule has 1 aliphatic rings. The molecule has 0 aliphatic carbocycles. The Morgan fingerprint density at radius 2 is 1.95 bits per heavy atom. The van der Waals surface area contributed by atoms with E-state index in [1.54, 1.807) is 12.1 Å². The zero-order chi connectivity index (χ0) is 14.1. The molecule has 3 nitrogen and oxygen atoms in total. The molecular weight excluding hydrogens is 294 g/mol. The van der Waals surface area contributed by atoms with Gasteiger partial charge in [-0.05, 0) is 29.8 Å². The summed E-state index contributed by atoms with van der Waals surface area (Å²) in [5.41, 5.74) is 3.96. The highest BCUT2D eigenvalue weighted by atomic mass is 35.5. The summed E-state index contributed by atoms with van der Waals surface area (Å²) in [4.78, 5) is 16.5. The van der Waals surface area contributed by atoms with Gasteiger partial charge >= 0.3 is 5.97 Å². The fourth-order valence-electron chi connectivity index (χ4n) is 2.17. The zero-order valence-electron chi connectivity index (χ0n) is 10.5. The van der Waals surface area contributed by atoms with Crippen LogP contribution in [-0.4, -0.2) is 16.6 Å². The maximum Gasteiger partial charge on any atom is 0.337 e. The number of thiol groups is 1. The molecule has 1 atom stereocenters. The van der Waals surface area contributed by atoms with Crippen molar-refractivity contribution < 1.29 is 9.90 Å². The van der Waals surface area contributed by atoms with Gasteiger partial charge in [-0.2, -0.15) is 10.9 Å². The van der Waals surface area contributed by atoms with E-state index in [0.29, 0.717) is 5.69 Å².